The fourth-order valence-electron chi connectivity index (χ4n) is 3.96. The van der Waals surface area contributed by atoms with Gasteiger partial charge in [-0.2, -0.15) is 0 Å². The Bertz CT molecular complexity index is 1120. The van der Waals surface area contributed by atoms with Gasteiger partial charge in [0.15, 0.2) is 0 Å². The van der Waals surface area contributed by atoms with Crippen LogP contribution in [-0.2, 0) is 17.8 Å². The Morgan fingerprint density at radius 3 is 2.63 bits per heavy atom. The smallest absolute Gasteiger partial charge is 0.253 e. The molecule has 0 saturated heterocycles. The van der Waals surface area contributed by atoms with Crippen LogP contribution in [0.25, 0.3) is 10.9 Å². The number of benzene rings is 2. The fourth-order valence-corrected chi connectivity index (χ4v) is 4.45. The largest absolute Gasteiger partial charge is 0.358 e. The van der Waals surface area contributed by atoms with Crippen molar-refractivity contribution in [3.8, 4) is 0 Å². The van der Waals surface area contributed by atoms with Crippen LogP contribution >= 0.6 is 23.2 Å². The molecule has 5 nitrogen and oxygen atoms in total. The summed E-state index contributed by atoms with van der Waals surface area (Å²) >= 11 is 12.1. The molecular formula is C23H23Cl2N3O2. The van der Waals surface area contributed by atoms with E-state index in [9.17, 15) is 9.59 Å². The van der Waals surface area contributed by atoms with E-state index in [0.29, 0.717) is 23.7 Å². The Hall–Kier alpha value is -2.50. The van der Waals surface area contributed by atoms with Crippen LogP contribution in [0.15, 0.2) is 42.5 Å². The van der Waals surface area contributed by atoms with Crippen LogP contribution in [-0.4, -0.2) is 34.3 Å². The van der Waals surface area contributed by atoms with Crippen molar-refractivity contribution in [3.05, 3.63) is 69.3 Å². The molecule has 1 aromatic heterocycles. The second kappa shape index (κ2) is 8.32. The quantitative estimate of drug-likeness (QED) is 0.607. The van der Waals surface area contributed by atoms with E-state index in [0.717, 1.165) is 22.9 Å². The van der Waals surface area contributed by atoms with Crippen molar-refractivity contribution in [2.75, 3.05) is 6.54 Å². The molecule has 2 aromatic carbocycles. The van der Waals surface area contributed by atoms with Gasteiger partial charge >= 0.3 is 0 Å². The molecule has 0 aliphatic carbocycles. The van der Waals surface area contributed by atoms with Crippen LogP contribution in [0.4, 0.5) is 0 Å². The molecule has 0 radical (unpaired) electrons. The van der Waals surface area contributed by atoms with Crippen LogP contribution < -0.4 is 5.32 Å². The van der Waals surface area contributed by atoms with Crippen molar-refractivity contribution >= 4 is 45.9 Å². The molecule has 2 heterocycles. The minimum atomic E-state index is -0.643. The van der Waals surface area contributed by atoms with Gasteiger partial charge in [0.1, 0.15) is 6.04 Å². The summed E-state index contributed by atoms with van der Waals surface area (Å²) in [6.07, 6.45) is 0.761. The Kier molecular flexibility index (Phi) is 5.76. The maximum atomic E-state index is 13.4. The molecule has 1 aliphatic rings. The molecule has 0 bridgehead atoms. The van der Waals surface area contributed by atoms with E-state index in [-0.39, 0.29) is 22.8 Å². The monoisotopic (exact) mass is 443 g/mol. The van der Waals surface area contributed by atoms with Gasteiger partial charge in [-0.15, -0.1) is 0 Å². The maximum Gasteiger partial charge on any atom is 0.253 e. The predicted octanol–water partition coefficient (Wildman–Crippen LogP) is 4.81. The lowest BCUT2D eigenvalue weighted by Gasteiger charge is -2.32. The van der Waals surface area contributed by atoms with Gasteiger partial charge in [0.2, 0.25) is 5.91 Å². The Morgan fingerprint density at radius 2 is 1.90 bits per heavy atom. The van der Waals surface area contributed by atoms with Gasteiger partial charge in [-0.1, -0.05) is 55.2 Å². The number of hydrogen-bond acceptors (Lipinski definition) is 2. The van der Waals surface area contributed by atoms with Gasteiger partial charge in [0, 0.05) is 46.7 Å². The van der Waals surface area contributed by atoms with Crippen molar-refractivity contribution in [2.24, 2.45) is 5.92 Å². The van der Waals surface area contributed by atoms with Gasteiger partial charge in [-0.25, -0.2) is 0 Å². The van der Waals surface area contributed by atoms with Crippen LogP contribution in [0.5, 0.6) is 0 Å². The second-order valence-electron chi connectivity index (χ2n) is 7.96. The summed E-state index contributed by atoms with van der Waals surface area (Å²) in [5.41, 5.74) is 3.72. The van der Waals surface area contributed by atoms with Gasteiger partial charge in [-0.05, 0) is 30.2 Å². The zero-order valence-electron chi connectivity index (χ0n) is 16.8. The van der Waals surface area contributed by atoms with Gasteiger partial charge < -0.3 is 15.2 Å². The highest BCUT2D eigenvalue weighted by Crippen LogP contribution is 2.28. The topological polar surface area (TPSA) is 65.2 Å². The molecule has 156 valence electrons. The zero-order valence-corrected chi connectivity index (χ0v) is 18.3. The molecule has 0 unspecified atom stereocenters. The third-order valence-corrected chi connectivity index (χ3v) is 6.14. The number of nitrogens with one attached hydrogen (secondary N) is 2. The average Bonchev–Trinajstić information content (AvgIpc) is 3.09. The number of nitrogens with zero attached hydrogens (tertiary/aromatic N) is 1. The Labute approximate surface area is 185 Å². The van der Waals surface area contributed by atoms with Crippen molar-refractivity contribution in [1.82, 2.24) is 15.2 Å². The van der Waals surface area contributed by atoms with E-state index < -0.39 is 6.04 Å². The second-order valence-corrected chi connectivity index (χ2v) is 8.80. The first-order valence-corrected chi connectivity index (χ1v) is 10.7. The Morgan fingerprint density at radius 1 is 1.13 bits per heavy atom. The van der Waals surface area contributed by atoms with E-state index in [1.165, 1.54) is 11.8 Å². The van der Waals surface area contributed by atoms with Crippen molar-refractivity contribution in [3.63, 3.8) is 0 Å². The van der Waals surface area contributed by atoms with Crippen LogP contribution in [0, 0.1) is 5.92 Å². The number of fused-ring (bicyclic) bond motifs is 3. The van der Waals surface area contributed by atoms with Crippen LogP contribution in [0.2, 0.25) is 10.0 Å². The predicted molar refractivity (Wildman–Crippen MR) is 120 cm³/mol. The number of amides is 2. The number of rotatable bonds is 4. The minimum absolute atomic E-state index is 0.0723. The highest BCUT2D eigenvalue weighted by Gasteiger charge is 2.32. The van der Waals surface area contributed by atoms with E-state index in [1.807, 2.05) is 36.9 Å². The number of H-pyrrole nitrogens is 1. The minimum Gasteiger partial charge on any atom is -0.358 e. The summed E-state index contributed by atoms with van der Waals surface area (Å²) < 4.78 is 0. The van der Waals surface area contributed by atoms with Gasteiger partial charge in [0.05, 0.1) is 10.6 Å². The Balaban J connectivity index is 1.54. The molecule has 0 fully saturated rings. The number of para-hydroxylation sites is 1. The summed E-state index contributed by atoms with van der Waals surface area (Å²) in [4.78, 5) is 31.4. The van der Waals surface area contributed by atoms with Crippen molar-refractivity contribution < 1.29 is 9.59 Å². The van der Waals surface area contributed by atoms with Crippen LogP contribution in [0.1, 0.15) is 35.5 Å². The summed E-state index contributed by atoms with van der Waals surface area (Å²) in [5.74, 6) is -0.537. The summed E-state index contributed by atoms with van der Waals surface area (Å²) in [6.45, 7) is 4.99. The fraction of sp³-hybridized carbons (Fsp3) is 0.304. The highest BCUT2D eigenvalue weighted by atomic mass is 35.5. The SMILES string of the molecule is CC(C)[C@@H](NC(=O)c1ccc(Cl)cc1Cl)C(=O)N1CCc2[nH]c3ccccc3c2C1. The highest BCUT2D eigenvalue weighted by molar-refractivity contribution is 6.36. The third kappa shape index (κ3) is 3.92. The summed E-state index contributed by atoms with van der Waals surface area (Å²) in [5, 5.41) is 4.74. The van der Waals surface area contributed by atoms with E-state index in [1.54, 1.807) is 12.1 Å². The molecule has 7 heteroatoms. The molecule has 1 aliphatic heterocycles. The van der Waals surface area contributed by atoms with Gasteiger partial charge in [-0.3, -0.25) is 9.59 Å². The van der Waals surface area contributed by atoms with Crippen molar-refractivity contribution in [2.45, 2.75) is 32.9 Å². The maximum absolute atomic E-state index is 13.4. The lowest BCUT2D eigenvalue weighted by molar-refractivity contribution is -0.135. The first-order valence-electron chi connectivity index (χ1n) is 9.98. The zero-order chi connectivity index (χ0) is 21.4. The number of carbonyl (C=O) groups is 2. The molecular weight excluding hydrogens is 421 g/mol. The van der Waals surface area contributed by atoms with E-state index >= 15 is 0 Å². The molecule has 2 N–H and O–H groups in total. The molecule has 4 rings (SSSR count). The number of aromatic amines is 1. The molecule has 2 amide bonds. The summed E-state index contributed by atoms with van der Waals surface area (Å²) in [6, 6.07) is 12.2. The molecule has 30 heavy (non-hydrogen) atoms. The number of carbonyl (C=O) groups excluding carboxylic acids is 2. The van der Waals surface area contributed by atoms with E-state index in [2.05, 4.69) is 16.4 Å². The molecule has 3 aromatic rings. The first-order chi connectivity index (χ1) is 14.3. The molecule has 0 saturated carbocycles. The van der Waals surface area contributed by atoms with Crippen LogP contribution in [0.3, 0.4) is 0 Å². The normalized spacial score (nSPS) is 14.6. The molecule has 1 atom stereocenters. The first kappa shape index (κ1) is 20.8. The third-order valence-electron chi connectivity index (χ3n) is 5.59. The lowest BCUT2D eigenvalue weighted by atomic mass is 9.99. The molecule has 0 spiro atoms. The number of hydrogen-bond donors (Lipinski definition) is 2. The van der Waals surface area contributed by atoms with E-state index in [4.69, 9.17) is 23.2 Å². The lowest BCUT2D eigenvalue weighted by Crippen LogP contribution is -2.52. The van der Waals surface area contributed by atoms with Gasteiger partial charge in [0.25, 0.3) is 5.91 Å². The average molecular weight is 444 g/mol. The number of aromatic nitrogens is 1. The standard InChI is InChI=1S/C23H23Cl2N3O2/c1-13(2)21(27-22(29)16-8-7-14(24)11-18(16)25)23(30)28-10-9-20-17(12-28)15-5-3-4-6-19(15)26-20/h3-8,11,13,21,26H,9-10,12H2,1-2H3,(H,27,29)/t21-/m1/s1. The van der Waals surface area contributed by atoms with Crippen molar-refractivity contribution in [1.29, 1.82) is 0 Å². The number of halogens is 2. The summed E-state index contributed by atoms with van der Waals surface area (Å²) in [7, 11) is 0.